The quantitative estimate of drug-likeness (QED) is 0.608. The van der Waals surface area contributed by atoms with Crippen molar-refractivity contribution in [1.29, 1.82) is 0 Å². The molecule has 0 aliphatic carbocycles. The third-order valence-electron chi connectivity index (χ3n) is 0.118. The van der Waals surface area contributed by atoms with Crippen LogP contribution in [-0.4, -0.2) is 4.89 Å². The fraction of sp³-hybridized carbons (Fsp3) is 0. The minimum Gasteiger partial charge on any atom is -0.326 e. The average molecular weight is 151 g/mol. The molecule has 3 nitrogen and oxygen atoms in total. The highest BCUT2D eigenvalue weighted by Crippen LogP contribution is 2.35. The van der Waals surface area contributed by atoms with Crippen molar-refractivity contribution in [2.24, 2.45) is 0 Å². The standard InChI is InChI=1S/Cl2HO3P/c1-4-6(3)5-2/h3H. The molecule has 0 aromatic carbocycles. The van der Waals surface area contributed by atoms with Crippen molar-refractivity contribution in [2.45, 2.75) is 0 Å². The Morgan fingerprint density at radius 3 is 1.67 bits per heavy atom. The van der Waals surface area contributed by atoms with Gasteiger partial charge < -0.3 is 4.89 Å². The third-order valence-corrected chi connectivity index (χ3v) is 1.06. The monoisotopic (exact) mass is 150 g/mol. The molecule has 0 aliphatic rings. The molecular formula is HCl2O3P. The Hall–Kier alpha value is 0.890. The Morgan fingerprint density at radius 1 is 1.33 bits per heavy atom. The second-order valence-corrected chi connectivity index (χ2v) is 1.96. The molecule has 38 valence electrons. The summed E-state index contributed by atoms with van der Waals surface area (Å²) in [6.07, 6.45) is 0. The van der Waals surface area contributed by atoms with Gasteiger partial charge in [-0.05, 0) is 0 Å². The van der Waals surface area contributed by atoms with Gasteiger partial charge in [-0.15, -0.1) is 0 Å². The van der Waals surface area contributed by atoms with E-state index in [9.17, 15) is 0 Å². The molecular weight excluding hydrogens is 150 g/mol. The third kappa shape index (κ3) is 3.09. The van der Waals surface area contributed by atoms with Gasteiger partial charge in [0.2, 0.25) is 0 Å². The Morgan fingerprint density at radius 2 is 1.67 bits per heavy atom. The molecule has 0 spiro atoms. The van der Waals surface area contributed by atoms with Gasteiger partial charge in [0, 0.05) is 0 Å². The first-order valence-electron chi connectivity index (χ1n) is 0.874. The molecule has 0 bridgehead atoms. The van der Waals surface area contributed by atoms with Crippen molar-refractivity contribution in [2.75, 3.05) is 0 Å². The van der Waals surface area contributed by atoms with Crippen LogP contribution in [0.4, 0.5) is 0 Å². The van der Waals surface area contributed by atoms with Gasteiger partial charge in [0.1, 0.15) is 0 Å². The molecule has 0 heterocycles. The highest BCUT2D eigenvalue weighted by molar-refractivity contribution is 7.42. The van der Waals surface area contributed by atoms with E-state index in [-0.39, 0.29) is 0 Å². The van der Waals surface area contributed by atoms with Crippen LogP contribution < -0.4 is 0 Å². The summed E-state index contributed by atoms with van der Waals surface area (Å²) in [5.74, 6) is 0. The first-order valence-corrected chi connectivity index (χ1v) is 2.62. The highest BCUT2D eigenvalue weighted by atomic mass is 35.5. The van der Waals surface area contributed by atoms with E-state index in [1.807, 2.05) is 0 Å². The van der Waals surface area contributed by atoms with Crippen LogP contribution in [0.3, 0.4) is 0 Å². The Labute approximate surface area is 46.1 Å². The van der Waals surface area contributed by atoms with E-state index in [1.54, 1.807) is 0 Å². The molecule has 0 amide bonds. The fourth-order valence-corrected chi connectivity index (χ4v) is 0.287. The van der Waals surface area contributed by atoms with E-state index in [0.29, 0.717) is 0 Å². The number of rotatable bonds is 2. The predicted octanol–water partition coefficient (Wildman–Crippen LogP) is 1.55. The summed E-state index contributed by atoms with van der Waals surface area (Å²) in [5.41, 5.74) is 0. The van der Waals surface area contributed by atoms with Crippen LogP contribution in [0.1, 0.15) is 0 Å². The second kappa shape index (κ2) is 4.06. The fourth-order valence-electron chi connectivity index (χ4n) is 0.0106. The number of hydrogen-bond donors (Lipinski definition) is 1. The zero-order valence-electron chi connectivity index (χ0n) is 2.47. The van der Waals surface area contributed by atoms with Crippen molar-refractivity contribution >= 4 is 32.3 Å². The second-order valence-electron chi connectivity index (χ2n) is 0.376. The Kier molecular flexibility index (Phi) is 4.66. The molecule has 6 heteroatoms. The molecule has 0 rings (SSSR count). The molecule has 0 unspecified atom stereocenters. The minimum atomic E-state index is -2.05. The summed E-state index contributed by atoms with van der Waals surface area (Å²) in [4.78, 5) is 8.02. The maximum Gasteiger partial charge on any atom is 0.365 e. The van der Waals surface area contributed by atoms with Gasteiger partial charge in [0.05, 0.1) is 23.7 Å². The molecule has 0 aliphatic heterocycles. The van der Waals surface area contributed by atoms with Gasteiger partial charge in [-0.3, -0.25) is 0 Å². The van der Waals surface area contributed by atoms with Crippen LogP contribution in [-0.2, 0) is 8.15 Å². The maximum atomic E-state index is 8.02. The topological polar surface area (TPSA) is 38.7 Å². The van der Waals surface area contributed by atoms with Gasteiger partial charge in [0.15, 0.2) is 0 Å². The summed E-state index contributed by atoms with van der Waals surface area (Å²) < 4.78 is 7.28. The molecule has 0 saturated heterocycles. The number of hydrogen-bond acceptors (Lipinski definition) is 3. The molecule has 0 fully saturated rings. The van der Waals surface area contributed by atoms with Gasteiger partial charge in [-0.1, -0.05) is 0 Å². The molecule has 0 aromatic rings. The summed E-state index contributed by atoms with van der Waals surface area (Å²) in [6, 6.07) is 0. The lowest BCUT2D eigenvalue weighted by atomic mass is 15.8. The molecule has 6 heavy (non-hydrogen) atoms. The van der Waals surface area contributed by atoms with E-state index in [4.69, 9.17) is 4.89 Å². The van der Waals surface area contributed by atoms with Gasteiger partial charge in [-0.25, -0.2) is 0 Å². The van der Waals surface area contributed by atoms with Crippen molar-refractivity contribution in [3.05, 3.63) is 0 Å². The van der Waals surface area contributed by atoms with E-state index in [1.165, 1.54) is 0 Å². The van der Waals surface area contributed by atoms with Gasteiger partial charge in [-0.2, -0.15) is 8.15 Å². The first kappa shape index (κ1) is 6.89. The molecule has 1 N–H and O–H groups in total. The smallest absolute Gasteiger partial charge is 0.326 e. The molecule has 0 aromatic heterocycles. The summed E-state index contributed by atoms with van der Waals surface area (Å²) >= 11 is 9.04. The van der Waals surface area contributed by atoms with Crippen LogP contribution in [0.5, 0.6) is 0 Å². The van der Waals surface area contributed by atoms with Crippen LogP contribution in [0.25, 0.3) is 0 Å². The largest absolute Gasteiger partial charge is 0.365 e. The van der Waals surface area contributed by atoms with Crippen molar-refractivity contribution in [3.63, 3.8) is 0 Å². The van der Waals surface area contributed by atoms with E-state index in [2.05, 4.69) is 31.9 Å². The van der Waals surface area contributed by atoms with Gasteiger partial charge >= 0.3 is 8.60 Å². The lowest BCUT2D eigenvalue weighted by molar-refractivity contribution is 0.413. The maximum absolute atomic E-state index is 8.02. The lowest BCUT2D eigenvalue weighted by Crippen LogP contribution is -1.64. The normalized spacial score (nSPS) is 10.0. The van der Waals surface area contributed by atoms with Crippen molar-refractivity contribution in [3.8, 4) is 0 Å². The van der Waals surface area contributed by atoms with E-state index >= 15 is 0 Å². The number of halogens is 2. The van der Waals surface area contributed by atoms with Crippen molar-refractivity contribution in [1.82, 2.24) is 0 Å². The van der Waals surface area contributed by atoms with Crippen LogP contribution >= 0.6 is 32.3 Å². The first-order chi connectivity index (χ1) is 2.81. The Balaban J connectivity index is 2.75. The zero-order chi connectivity index (χ0) is 4.99. The summed E-state index contributed by atoms with van der Waals surface area (Å²) in [7, 11) is -2.05. The SMILES string of the molecule is OP(OCl)OCl. The highest BCUT2D eigenvalue weighted by Gasteiger charge is 1.99. The van der Waals surface area contributed by atoms with Crippen molar-refractivity contribution < 1.29 is 13.0 Å². The van der Waals surface area contributed by atoms with Crippen LogP contribution in [0.2, 0.25) is 0 Å². The summed E-state index contributed by atoms with van der Waals surface area (Å²) in [5, 5.41) is 0. The van der Waals surface area contributed by atoms with E-state index in [0.717, 1.165) is 0 Å². The Bertz CT molecular complexity index is 28.0. The van der Waals surface area contributed by atoms with E-state index < -0.39 is 8.60 Å². The van der Waals surface area contributed by atoms with Gasteiger partial charge in [0.25, 0.3) is 0 Å². The predicted molar refractivity (Wildman–Crippen MR) is 23.0 cm³/mol. The van der Waals surface area contributed by atoms with Crippen LogP contribution in [0.15, 0.2) is 0 Å². The lowest BCUT2D eigenvalue weighted by Gasteiger charge is -1.91. The summed E-state index contributed by atoms with van der Waals surface area (Å²) in [6.45, 7) is 0. The average Bonchev–Trinajstić information content (AvgIpc) is 1.65. The minimum absolute atomic E-state index is 2.05. The molecule has 0 saturated carbocycles. The molecule has 0 atom stereocenters. The van der Waals surface area contributed by atoms with Crippen LogP contribution in [0, 0.1) is 0 Å². The molecule has 0 radical (unpaired) electrons. The zero-order valence-corrected chi connectivity index (χ0v) is 4.87.